The molecule has 54 valence electrons. The molecule has 1 aromatic heterocycles. The summed E-state index contributed by atoms with van der Waals surface area (Å²) in [5.74, 6) is 0.730. The number of hydrogen-bond donors (Lipinski definition) is 0. The normalized spacial score (nSPS) is 10.0. The van der Waals surface area contributed by atoms with Crippen LogP contribution in [-0.2, 0) is 0 Å². The zero-order chi connectivity index (χ0) is 7.72. The second kappa shape index (κ2) is 2.84. The van der Waals surface area contributed by atoms with Crippen LogP contribution in [0.3, 0.4) is 0 Å². The second-order valence-electron chi connectivity index (χ2n) is 1.96. The van der Waals surface area contributed by atoms with Gasteiger partial charge in [-0.15, -0.1) is 0 Å². The highest BCUT2D eigenvalue weighted by Crippen LogP contribution is 2.21. The number of rotatable bonds is 0. The van der Waals surface area contributed by atoms with Crippen LogP contribution in [0.4, 0.5) is 0 Å². The molecule has 0 radical (unpaired) electrons. The quantitative estimate of drug-likeness (QED) is 0.629. The highest BCUT2D eigenvalue weighted by Gasteiger charge is 2.03. The molecule has 0 N–H and O–H groups in total. The van der Waals surface area contributed by atoms with Crippen LogP contribution in [-0.4, -0.2) is 9.97 Å². The van der Waals surface area contributed by atoms with Crippen molar-refractivity contribution in [1.29, 1.82) is 0 Å². The molecule has 0 saturated carbocycles. The molecule has 4 heteroatoms. The fourth-order valence-electron chi connectivity index (χ4n) is 0.657. The summed E-state index contributed by atoms with van der Waals surface area (Å²) in [6.45, 7) is 3.68. The van der Waals surface area contributed by atoms with Crippen LogP contribution in [0.1, 0.15) is 11.5 Å². The van der Waals surface area contributed by atoms with Crippen molar-refractivity contribution in [2.45, 2.75) is 13.8 Å². The van der Waals surface area contributed by atoms with Crippen LogP contribution in [0.15, 0.2) is 4.60 Å². The molecule has 10 heavy (non-hydrogen) atoms. The summed E-state index contributed by atoms with van der Waals surface area (Å²) in [5.41, 5.74) is 0.807. The summed E-state index contributed by atoms with van der Waals surface area (Å²) in [5, 5.41) is 0.589. The third-order valence-corrected chi connectivity index (χ3v) is 2.34. The molecule has 0 unspecified atom stereocenters. The van der Waals surface area contributed by atoms with Crippen molar-refractivity contribution in [1.82, 2.24) is 9.97 Å². The molecule has 0 saturated heterocycles. The van der Waals surface area contributed by atoms with Gasteiger partial charge in [0.25, 0.3) is 0 Å². The highest BCUT2D eigenvalue weighted by atomic mass is 79.9. The first-order chi connectivity index (χ1) is 4.61. The summed E-state index contributed by atoms with van der Waals surface area (Å²) in [6.07, 6.45) is 0. The zero-order valence-corrected chi connectivity index (χ0v) is 7.99. The lowest BCUT2D eigenvalue weighted by Crippen LogP contribution is -1.92. The van der Waals surface area contributed by atoms with Crippen molar-refractivity contribution in [3.8, 4) is 0 Å². The van der Waals surface area contributed by atoms with Crippen molar-refractivity contribution in [2.75, 3.05) is 0 Å². The number of aryl methyl sites for hydroxylation is 2. The predicted molar refractivity (Wildman–Crippen MR) is 44.2 cm³/mol. The SMILES string of the molecule is Cc1nc(C)c(Cl)c(Br)n1. The van der Waals surface area contributed by atoms with Crippen LogP contribution in [0.5, 0.6) is 0 Å². The molecule has 0 amide bonds. The van der Waals surface area contributed by atoms with Gasteiger partial charge in [-0.1, -0.05) is 11.6 Å². The molecule has 1 heterocycles. The van der Waals surface area contributed by atoms with E-state index in [9.17, 15) is 0 Å². The van der Waals surface area contributed by atoms with E-state index in [0.29, 0.717) is 9.63 Å². The van der Waals surface area contributed by atoms with Crippen LogP contribution in [0.25, 0.3) is 0 Å². The zero-order valence-electron chi connectivity index (χ0n) is 5.65. The van der Waals surface area contributed by atoms with E-state index < -0.39 is 0 Å². The summed E-state index contributed by atoms with van der Waals surface area (Å²) >= 11 is 8.99. The summed E-state index contributed by atoms with van der Waals surface area (Å²) < 4.78 is 0.666. The minimum atomic E-state index is 0.589. The smallest absolute Gasteiger partial charge is 0.128 e. The van der Waals surface area contributed by atoms with Crippen molar-refractivity contribution in [3.05, 3.63) is 21.1 Å². The van der Waals surface area contributed by atoms with Gasteiger partial charge in [-0.3, -0.25) is 0 Å². The van der Waals surface area contributed by atoms with E-state index in [4.69, 9.17) is 11.6 Å². The molecule has 0 bridgehead atoms. The summed E-state index contributed by atoms with van der Waals surface area (Å²) in [4.78, 5) is 8.07. The first kappa shape index (κ1) is 7.95. The minimum Gasteiger partial charge on any atom is -0.237 e. The van der Waals surface area contributed by atoms with E-state index in [-0.39, 0.29) is 0 Å². The maximum absolute atomic E-state index is 5.78. The average Bonchev–Trinajstić information content (AvgIpc) is 1.82. The van der Waals surface area contributed by atoms with Gasteiger partial charge in [0.15, 0.2) is 0 Å². The topological polar surface area (TPSA) is 25.8 Å². The Balaban J connectivity index is 3.31. The number of halogens is 2. The van der Waals surface area contributed by atoms with Crippen molar-refractivity contribution in [2.24, 2.45) is 0 Å². The highest BCUT2D eigenvalue weighted by molar-refractivity contribution is 9.10. The van der Waals surface area contributed by atoms with Gasteiger partial charge in [0.1, 0.15) is 10.4 Å². The molecular formula is C6H6BrClN2. The lowest BCUT2D eigenvalue weighted by Gasteiger charge is -1.99. The van der Waals surface area contributed by atoms with Gasteiger partial charge in [0.05, 0.1) is 10.7 Å². The van der Waals surface area contributed by atoms with E-state index >= 15 is 0 Å². The molecule has 0 spiro atoms. The fraction of sp³-hybridized carbons (Fsp3) is 0.333. The first-order valence-electron chi connectivity index (χ1n) is 2.77. The first-order valence-corrected chi connectivity index (χ1v) is 3.94. The van der Waals surface area contributed by atoms with Crippen LogP contribution in [0, 0.1) is 13.8 Å². The summed E-state index contributed by atoms with van der Waals surface area (Å²) in [7, 11) is 0. The Hall–Kier alpha value is -0.150. The number of nitrogens with zero attached hydrogens (tertiary/aromatic N) is 2. The molecule has 1 aromatic rings. The Bertz CT molecular complexity index is 239. The Morgan fingerprint density at radius 2 is 1.90 bits per heavy atom. The van der Waals surface area contributed by atoms with E-state index in [1.807, 2.05) is 13.8 Å². The van der Waals surface area contributed by atoms with Gasteiger partial charge >= 0.3 is 0 Å². The molecule has 0 aromatic carbocycles. The minimum absolute atomic E-state index is 0.589. The molecular weight excluding hydrogens is 215 g/mol. The maximum Gasteiger partial charge on any atom is 0.128 e. The van der Waals surface area contributed by atoms with Crippen LogP contribution >= 0.6 is 27.5 Å². The molecule has 2 nitrogen and oxygen atoms in total. The molecule has 0 fully saturated rings. The number of aromatic nitrogens is 2. The number of hydrogen-bond acceptors (Lipinski definition) is 2. The predicted octanol–water partition coefficient (Wildman–Crippen LogP) is 2.51. The lowest BCUT2D eigenvalue weighted by atomic mass is 10.4. The van der Waals surface area contributed by atoms with Crippen molar-refractivity contribution < 1.29 is 0 Å². The van der Waals surface area contributed by atoms with Gasteiger partial charge in [0, 0.05) is 0 Å². The van der Waals surface area contributed by atoms with E-state index in [0.717, 1.165) is 11.5 Å². The lowest BCUT2D eigenvalue weighted by molar-refractivity contribution is 0.994. The Kier molecular flexibility index (Phi) is 2.26. The van der Waals surface area contributed by atoms with Crippen molar-refractivity contribution in [3.63, 3.8) is 0 Å². The molecule has 0 aliphatic carbocycles. The summed E-state index contributed by atoms with van der Waals surface area (Å²) in [6, 6.07) is 0. The van der Waals surface area contributed by atoms with Crippen molar-refractivity contribution >= 4 is 27.5 Å². The van der Waals surface area contributed by atoms with E-state index in [1.54, 1.807) is 0 Å². The fourth-order valence-corrected chi connectivity index (χ4v) is 1.29. The van der Waals surface area contributed by atoms with Gasteiger partial charge in [-0.2, -0.15) is 0 Å². The molecule has 0 atom stereocenters. The Labute approximate surface area is 72.8 Å². The Morgan fingerprint density at radius 3 is 2.40 bits per heavy atom. The Morgan fingerprint density at radius 1 is 1.30 bits per heavy atom. The largest absolute Gasteiger partial charge is 0.237 e. The second-order valence-corrected chi connectivity index (χ2v) is 3.09. The van der Waals surface area contributed by atoms with Crippen LogP contribution < -0.4 is 0 Å². The molecule has 0 aliphatic heterocycles. The standard InChI is InChI=1S/C6H6BrClN2/c1-3-5(8)6(7)10-4(2)9-3/h1-2H3. The van der Waals surface area contributed by atoms with Gasteiger partial charge in [-0.25, -0.2) is 9.97 Å². The molecule has 0 aliphatic rings. The van der Waals surface area contributed by atoms with E-state index in [1.165, 1.54) is 0 Å². The van der Waals surface area contributed by atoms with E-state index in [2.05, 4.69) is 25.9 Å². The van der Waals surface area contributed by atoms with Gasteiger partial charge in [0.2, 0.25) is 0 Å². The maximum atomic E-state index is 5.78. The van der Waals surface area contributed by atoms with Gasteiger partial charge < -0.3 is 0 Å². The molecule has 1 rings (SSSR count). The monoisotopic (exact) mass is 220 g/mol. The third-order valence-electron chi connectivity index (χ3n) is 1.09. The third kappa shape index (κ3) is 1.47. The van der Waals surface area contributed by atoms with Gasteiger partial charge in [-0.05, 0) is 29.8 Å². The van der Waals surface area contributed by atoms with Crippen LogP contribution in [0.2, 0.25) is 5.02 Å². The average molecular weight is 221 g/mol.